The average molecular weight is 237 g/mol. The summed E-state index contributed by atoms with van der Waals surface area (Å²) in [5.41, 5.74) is 3.60. The lowest BCUT2D eigenvalue weighted by molar-refractivity contribution is 0.492. The summed E-state index contributed by atoms with van der Waals surface area (Å²) in [6, 6.07) is 6.31. The van der Waals surface area contributed by atoms with E-state index in [2.05, 4.69) is 40.2 Å². The minimum absolute atomic E-state index is 0.153. The van der Waals surface area contributed by atoms with Gasteiger partial charge in [-0.2, -0.15) is 0 Å². The van der Waals surface area contributed by atoms with Gasteiger partial charge >= 0.3 is 0 Å². The first-order chi connectivity index (χ1) is 8.49. The zero-order valence-electron chi connectivity index (χ0n) is 12.0. The lowest BCUT2D eigenvalue weighted by Gasteiger charge is -2.32. The first kappa shape index (κ1) is 13.8. The number of benzene rings is 1. The van der Waals surface area contributed by atoms with E-state index in [0.717, 1.165) is 11.3 Å². The molecule has 93 valence electrons. The van der Waals surface area contributed by atoms with Gasteiger partial charge in [0.15, 0.2) is 0 Å². The van der Waals surface area contributed by atoms with Crippen LogP contribution in [0.4, 0.5) is 0 Å². The van der Waals surface area contributed by atoms with Gasteiger partial charge in [0.05, 0.1) is 0 Å². The maximum Gasteiger partial charge on any atom is 0.127 e. The highest BCUT2D eigenvalue weighted by Crippen LogP contribution is 2.35. The average Bonchev–Trinajstić information content (AvgIpc) is 2.29. The summed E-state index contributed by atoms with van der Waals surface area (Å²) in [5, 5.41) is 0.153. The molecular weight excluding hydrogens is 214 g/mol. The monoisotopic (exact) mass is 237 g/mol. The maximum absolute atomic E-state index is 5.84. The molecule has 0 aliphatic heterocycles. The minimum atomic E-state index is 0.153. The SMILES string of the molecule is [B]c1ccc(C(C)(C)[B]C2CCCCC2)c(C)c1. The van der Waals surface area contributed by atoms with E-state index in [-0.39, 0.29) is 5.31 Å². The molecule has 1 aromatic carbocycles. The Morgan fingerprint density at radius 2 is 1.83 bits per heavy atom. The summed E-state index contributed by atoms with van der Waals surface area (Å²) < 4.78 is 0. The number of hydrogen-bond donors (Lipinski definition) is 0. The highest BCUT2D eigenvalue weighted by Gasteiger charge is 2.28. The van der Waals surface area contributed by atoms with E-state index < -0.39 is 0 Å². The second kappa shape index (κ2) is 5.55. The number of rotatable bonds is 3. The molecule has 0 bridgehead atoms. The van der Waals surface area contributed by atoms with Gasteiger partial charge in [-0.1, -0.05) is 75.4 Å². The minimum Gasteiger partial charge on any atom is -0.0964 e. The third kappa shape index (κ3) is 3.22. The van der Waals surface area contributed by atoms with Crippen LogP contribution >= 0.6 is 0 Å². The molecule has 0 amide bonds. The lowest BCUT2D eigenvalue weighted by atomic mass is 9.42. The third-order valence-electron chi connectivity index (χ3n) is 4.25. The Bertz CT molecular complexity index is 404. The summed E-state index contributed by atoms with van der Waals surface area (Å²) in [7, 11) is 8.42. The van der Waals surface area contributed by atoms with Crippen LogP contribution in [-0.4, -0.2) is 15.1 Å². The van der Waals surface area contributed by atoms with Crippen molar-refractivity contribution in [1.29, 1.82) is 0 Å². The van der Waals surface area contributed by atoms with Crippen molar-refractivity contribution in [3.63, 3.8) is 0 Å². The standard InChI is InChI=1S/C16H23B2/c1-12-11-13(17)9-10-15(12)16(2,3)18-14-7-5-4-6-8-14/h9-11,14H,4-8H2,1-3H3. The van der Waals surface area contributed by atoms with Crippen LogP contribution < -0.4 is 5.46 Å². The predicted octanol–water partition coefficient (Wildman–Crippen LogP) is 3.48. The molecule has 3 radical (unpaired) electrons. The van der Waals surface area contributed by atoms with E-state index in [4.69, 9.17) is 7.85 Å². The Morgan fingerprint density at radius 3 is 2.44 bits per heavy atom. The Kier molecular flexibility index (Phi) is 4.25. The Labute approximate surface area is 114 Å². The predicted molar refractivity (Wildman–Crippen MR) is 82.2 cm³/mol. The normalized spacial score (nSPS) is 17.7. The molecule has 1 aliphatic rings. The van der Waals surface area contributed by atoms with E-state index >= 15 is 0 Å². The highest BCUT2D eigenvalue weighted by molar-refractivity contribution is 6.42. The van der Waals surface area contributed by atoms with Crippen molar-refractivity contribution < 1.29 is 0 Å². The topological polar surface area (TPSA) is 0 Å². The van der Waals surface area contributed by atoms with E-state index in [1.807, 2.05) is 6.07 Å². The zero-order valence-corrected chi connectivity index (χ0v) is 12.0. The second-order valence-corrected chi connectivity index (χ2v) is 6.36. The van der Waals surface area contributed by atoms with Crippen LogP contribution in [-0.2, 0) is 5.31 Å². The van der Waals surface area contributed by atoms with E-state index in [0.29, 0.717) is 0 Å². The van der Waals surface area contributed by atoms with E-state index in [1.54, 1.807) is 0 Å². The molecule has 0 unspecified atom stereocenters. The second-order valence-electron chi connectivity index (χ2n) is 6.36. The van der Waals surface area contributed by atoms with Crippen molar-refractivity contribution in [3.05, 3.63) is 29.3 Å². The lowest BCUT2D eigenvalue weighted by Crippen LogP contribution is -2.31. The molecule has 1 aliphatic carbocycles. The molecule has 1 aromatic rings. The molecule has 0 atom stereocenters. The molecular formula is C16H23B2. The molecule has 1 fully saturated rings. The fourth-order valence-electron chi connectivity index (χ4n) is 3.39. The van der Waals surface area contributed by atoms with Gasteiger partial charge in [-0.3, -0.25) is 0 Å². The van der Waals surface area contributed by atoms with Crippen LogP contribution in [0.3, 0.4) is 0 Å². The smallest absolute Gasteiger partial charge is 0.0964 e. The first-order valence-electron chi connectivity index (χ1n) is 7.22. The molecule has 0 nitrogen and oxygen atoms in total. The van der Waals surface area contributed by atoms with Gasteiger partial charge in [0.2, 0.25) is 0 Å². The largest absolute Gasteiger partial charge is 0.127 e. The quantitative estimate of drug-likeness (QED) is 0.706. The van der Waals surface area contributed by atoms with Gasteiger partial charge in [0, 0.05) is 0 Å². The molecule has 0 spiro atoms. The molecule has 0 N–H and O–H groups in total. The van der Waals surface area contributed by atoms with Gasteiger partial charge in [-0.15, -0.1) is 0 Å². The molecule has 1 saturated carbocycles. The maximum atomic E-state index is 5.84. The summed E-state index contributed by atoms with van der Waals surface area (Å²) in [5.74, 6) is 0.797. The van der Waals surface area contributed by atoms with Gasteiger partial charge in [-0.25, -0.2) is 0 Å². The fraction of sp³-hybridized carbons (Fsp3) is 0.625. The number of aryl methyl sites for hydroxylation is 1. The van der Waals surface area contributed by atoms with Crippen LogP contribution in [0.5, 0.6) is 0 Å². The van der Waals surface area contributed by atoms with Crippen LogP contribution in [0, 0.1) is 6.92 Å². The van der Waals surface area contributed by atoms with Crippen LogP contribution in [0.25, 0.3) is 0 Å². The molecule has 0 heterocycles. The van der Waals surface area contributed by atoms with Crippen LogP contribution in [0.1, 0.15) is 57.1 Å². The Balaban J connectivity index is 2.13. The van der Waals surface area contributed by atoms with Crippen molar-refractivity contribution in [2.24, 2.45) is 0 Å². The third-order valence-corrected chi connectivity index (χ3v) is 4.25. The van der Waals surface area contributed by atoms with Crippen molar-refractivity contribution in [3.8, 4) is 0 Å². The van der Waals surface area contributed by atoms with Crippen molar-refractivity contribution in [1.82, 2.24) is 0 Å². The van der Waals surface area contributed by atoms with Crippen LogP contribution in [0.2, 0.25) is 5.82 Å². The van der Waals surface area contributed by atoms with Crippen LogP contribution in [0.15, 0.2) is 18.2 Å². The highest BCUT2D eigenvalue weighted by atomic mass is 14.2. The first-order valence-corrected chi connectivity index (χ1v) is 7.22. The van der Waals surface area contributed by atoms with E-state index in [1.165, 1.54) is 43.2 Å². The fourth-order valence-corrected chi connectivity index (χ4v) is 3.39. The van der Waals surface area contributed by atoms with Gasteiger partial charge in [0.1, 0.15) is 15.1 Å². The van der Waals surface area contributed by atoms with Crippen molar-refractivity contribution in [2.75, 3.05) is 0 Å². The Hall–Kier alpha value is -0.650. The molecule has 2 heteroatoms. The van der Waals surface area contributed by atoms with Crippen molar-refractivity contribution >= 4 is 20.6 Å². The molecule has 0 aromatic heterocycles. The summed E-state index contributed by atoms with van der Waals surface area (Å²) in [4.78, 5) is 0. The van der Waals surface area contributed by atoms with Crippen molar-refractivity contribution in [2.45, 2.75) is 64.0 Å². The summed E-state index contributed by atoms with van der Waals surface area (Å²) >= 11 is 0. The van der Waals surface area contributed by atoms with E-state index in [9.17, 15) is 0 Å². The zero-order chi connectivity index (χ0) is 13.2. The Morgan fingerprint density at radius 1 is 1.17 bits per heavy atom. The number of hydrogen-bond acceptors (Lipinski definition) is 0. The molecule has 18 heavy (non-hydrogen) atoms. The molecule has 0 saturated heterocycles. The summed E-state index contributed by atoms with van der Waals surface area (Å²) in [6.07, 6.45) is 6.97. The van der Waals surface area contributed by atoms with Gasteiger partial charge in [-0.05, 0) is 23.4 Å². The van der Waals surface area contributed by atoms with Gasteiger partial charge < -0.3 is 0 Å². The van der Waals surface area contributed by atoms with Gasteiger partial charge in [0.25, 0.3) is 0 Å². The summed E-state index contributed by atoms with van der Waals surface area (Å²) in [6.45, 7) is 6.84. The molecule has 2 rings (SSSR count).